The molecule has 0 radical (unpaired) electrons. The highest BCUT2D eigenvalue weighted by Crippen LogP contribution is 2.31. The number of carbonyl (C=O) groups is 1. The van der Waals surface area contributed by atoms with Gasteiger partial charge in [-0.05, 0) is 19.3 Å². The van der Waals surface area contributed by atoms with E-state index in [0.717, 1.165) is 45.4 Å². The third-order valence-electron chi connectivity index (χ3n) is 3.62. The van der Waals surface area contributed by atoms with Crippen molar-refractivity contribution in [3.8, 4) is 0 Å². The van der Waals surface area contributed by atoms with E-state index in [-0.39, 0.29) is 0 Å². The molecular formula is C13H17ClN4O. The Morgan fingerprint density at radius 2 is 1.89 bits per heavy atom. The van der Waals surface area contributed by atoms with Crippen LogP contribution in [0.3, 0.4) is 0 Å². The maximum Gasteiger partial charge on any atom is 0.225 e. The molecule has 6 heteroatoms. The summed E-state index contributed by atoms with van der Waals surface area (Å²) in [4.78, 5) is 24.7. The van der Waals surface area contributed by atoms with Crippen molar-refractivity contribution in [2.45, 2.75) is 19.3 Å². The molecule has 1 aromatic heterocycles. The van der Waals surface area contributed by atoms with Gasteiger partial charge in [0.05, 0.1) is 17.4 Å². The minimum Gasteiger partial charge on any atom is -0.341 e. The van der Waals surface area contributed by atoms with Crippen molar-refractivity contribution >= 4 is 23.5 Å². The van der Waals surface area contributed by atoms with Crippen LogP contribution < -0.4 is 4.90 Å². The van der Waals surface area contributed by atoms with Crippen molar-refractivity contribution in [2.24, 2.45) is 5.92 Å². The zero-order valence-electron chi connectivity index (χ0n) is 10.8. The quantitative estimate of drug-likeness (QED) is 0.825. The van der Waals surface area contributed by atoms with Crippen LogP contribution in [0.4, 0.5) is 5.95 Å². The molecule has 102 valence electrons. The first kappa shape index (κ1) is 12.7. The lowest BCUT2D eigenvalue weighted by molar-refractivity contribution is -0.132. The third-order valence-corrected chi connectivity index (χ3v) is 3.82. The molecule has 2 heterocycles. The molecule has 0 bridgehead atoms. The van der Waals surface area contributed by atoms with Crippen LogP contribution in [0.1, 0.15) is 19.3 Å². The van der Waals surface area contributed by atoms with Crippen molar-refractivity contribution < 1.29 is 4.79 Å². The number of hydrogen-bond donors (Lipinski definition) is 0. The summed E-state index contributed by atoms with van der Waals surface area (Å²) in [5.74, 6) is 1.34. The van der Waals surface area contributed by atoms with E-state index in [1.54, 1.807) is 12.4 Å². The van der Waals surface area contributed by atoms with Gasteiger partial charge in [-0.15, -0.1) is 0 Å². The van der Waals surface area contributed by atoms with Gasteiger partial charge in [0.25, 0.3) is 0 Å². The molecule has 3 rings (SSSR count). The Labute approximate surface area is 117 Å². The van der Waals surface area contributed by atoms with Crippen LogP contribution in [-0.4, -0.2) is 47.0 Å². The zero-order chi connectivity index (χ0) is 13.2. The molecule has 0 unspecified atom stereocenters. The first-order valence-corrected chi connectivity index (χ1v) is 7.13. The van der Waals surface area contributed by atoms with Crippen molar-refractivity contribution in [2.75, 3.05) is 31.1 Å². The number of nitrogens with zero attached hydrogens (tertiary/aromatic N) is 4. The van der Waals surface area contributed by atoms with Gasteiger partial charge < -0.3 is 9.80 Å². The molecule has 1 amide bonds. The van der Waals surface area contributed by atoms with Crippen molar-refractivity contribution in [1.82, 2.24) is 14.9 Å². The summed E-state index contributed by atoms with van der Waals surface area (Å²) in [6, 6.07) is 0. The van der Waals surface area contributed by atoms with Gasteiger partial charge in [0, 0.05) is 32.1 Å². The monoisotopic (exact) mass is 280 g/mol. The molecule has 2 fully saturated rings. The molecule has 1 aliphatic carbocycles. The highest BCUT2D eigenvalue weighted by molar-refractivity contribution is 6.30. The number of amides is 1. The van der Waals surface area contributed by atoms with E-state index in [0.29, 0.717) is 22.8 Å². The average Bonchev–Trinajstić information content (AvgIpc) is 3.26. The largest absolute Gasteiger partial charge is 0.341 e. The van der Waals surface area contributed by atoms with E-state index >= 15 is 0 Å². The summed E-state index contributed by atoms with van der Waals surface area (Å²) >= 11 is 5.79. The van der Waals surface area contributed by atoms with Crippen LogP contribution >= 0.6 is 11.6 Å². The first-order chi connectivity index (χ1) is 9.24. The number of hydrogen-bond acceptors (Lipinski definition) is 4. The lowest BCUT2D eigenvalue weighted by Gasteiger charge is -2.22. The summed E-state index contributed by atoms with van der Waals surface area (Å²) in [6.45, 7) is 3.29. The Morgan fingerprint density at radius 1 is 1.16 bits per heavy atom. The maximum atomic E-state index is 12.1. The van der Waals surface area contributed by atoms with Gasteiger partial charge in [-0.25, -0.2) is 9.97 Å². The zero-order valence-corrected chi connectivity index (χ0v) is 11.5. The fraction of sp³-hybridized carbons (Fsp3) is 0.615. The molecule has 1 saturated heterocycles. The number of anilines is 1. The Balaban J connectivity index is 1.63. The summed E-state index contributed by atoms with van der Waals surface area (Å²) in [5.41, 5.74) is 0. The van der Waals surface area contributed by atoms with Gasteiger partial charge in [-0.1, -0.05) is 11.6 Å². The van der Waals surface area contributed by atoms with E-state index < -0.39 is 0 Å². The van der Waals surface area contributed by atoms with Gasteiger partial charge >= 0.3 is 0 Å². The Bertz CT molecular complexity index is 460. The molecule has 0 atom stereocenters. The van der Waals surface area contributed by atoms with Gasteiger partial charge in [0.1, 0.15) is 0 Å². The number of aromatic nitrogens is 2. The summed E-state index contributed by atoms with van der Waals surface area (Å²) in [7, 11) is 0. The predicted octanol–water partition coefficient (Wildman–Crippen LogP) is 1.58. The highest BCUT2D eigenvalue weighted by Gasteiger charge is 2.34. The minimum atomic E-state index is 0.304. The number of rotatable bonds is 2. The van der Waals surface area contributed by atoms with E-state index in [2.05, 4.69) is 14.9 Å². The Morgan fingerprint density at radius 3 is 2.58 bits per heavy atom. The van der Waals surface area contributed by atoms with E-state index in [9.17, 15) is 4.79 Å². The van der Waals surface area contributed by atoms with Gasteiger partial charge in [0.15, 0.2) is 0 Å². The van der Waals surface area contributed by atoms with Crippen LogP contribution in [0.25, 0.3) is 0 Å². The molecule has 5 nitrogen and oxygen atoms in total. The standard InChI is InChI=1S/C13H17ClN4O/c14-11-8-15-13(16-9-11)18-5-1-4-17(6-7-18)12(19)10-2-3-10/h8-10H,1-7H2. The summed E-state index contributed by atoms with van der Waals surface area (Å²) in [6.07, 6.45) is 6.33. The fourth-order valence-electron chi connectivity index (χ4n) is 2.40. The van der Waals surface area contributed by atoms with Crippen molar-refractivity contribution in [3.63, 3.8) is 0 Å². The minimum absolute atomic E-state index is 0.304. The lowest BCUT2D eigenvalue weighted by atomic mass is 10.3. The normalized spacial score (nSPS) is 20.3. The van der Waals surface area contributed by atoms with Crippen LogP contribution in [0.5, 0.6) is 0 Å². The van der Waals surface area contributed by atoms with Crippen LogP contribution in [-0.2, 0) is 4.79 Å². The second kappa shape index (κ2) is 5.33. The Hall–Kier alpha value is -1.36. The predicted molar refractivity (Wildman–Crippen MR) is 73.2 cm³/mol. The molecule has 0 N–H and O–H groups in total. The first-order valence-electron chi connectivity index (χ1n) is 6.75. The lowest BCUT2D eigenvalue weighted by Crippen LogP contribution is -2.36. The summed E-state index contributed by atoms with van der Waals surface area (Å²) < 4.78 is 0. The maximum absolute atomic E-state index is 12.1. The molecule has 1 aromatic rings. The van der Waals surface area contributed by atoms with Crippen LogP contribution in [0.15, 0.2) is 12.4 Å². The van der Waals surface area contributed by atoms with E-state index in [1.165, 1.54) is 0 Å². The van der Waals surface area contributed by atoms with Crippen molar-refractivity contribution in [3.05, 3.63) is 17.4 Å². The highest BCUT2D eigenvalue weighted by atomic mass is 35.5. The molecular weight excluding hydrogens is 264 g/mol. The molecule has 2 aliphatic rings. The topological polar surface area (TPSA) is 49.3 Å². The van der Waals surface area contributed by atoms with E-state index in [1.807, 2.05) is 4.90 Å². The molecule has 19 heavy (non-hydrogen) atoms. The summed E-state index contributed by atoms with van der Waals surface area (Å²) in [5, 5.41) is 0.545. The van der Waals surface area contributed by atoms with Crippen molar-refractivity contribution in [1.29, 1.82) is 0 Å². The Kier molecular flexibility index (Phi) is 3.55. The van der Waals surface area contributed by atoms with Crippen LogP contribution in [0, 0.1) is 5.92 Å². The van der Waals surface area contributed by atoms with Crippen LogP contribution in [0.2, 0.25) is 5.02 Å². The molecule has 0 spiro atoms. The molecule has 0 aromatic carbocycles. The van der Waals surface area contributed by atoms with Gasteiger partial charge in [0.2, 0.25) is 11.9 Å². The average molecular weight is 281 g/mol. The SMILES string of the molecule is O=C(C1CC1)N1CCCN(c2ncc(Cl)cn2)CC1. The van der Waals surface area contributed by atoms with Gasteiger partial charge in [-0.2, -0.15) is 0 Å². The van der Waals surface area contributed by atoms with E-state index in [4.69, 9.17) is 11.6 Å². The molecule has 1 saturated carbocycles. The number of carbonyl (C=O) groups excluding carboxylic acids is 1. The number of halogens is 1. The second-order valence-electron chi connectivity index (χ2n) is 5.14. The fourth-order valence-corrected chi connectivity index (χ4v) is 2.49. The third kappa shape index (κ3) is 2.97. The smallest absolute Gasteiger partial charge is 0.225 e. The van der Waals surface area contributed by atoms with Gasteiger partial charge in [-0.3, -0.25) is 4.79 Å². The second-order valence-corrected chi connectivity index (χ2v) is 5.58. The molecule has 1 aliphatic heterocycles.